The summed E-state index contributed by atoms with van der Waals surface area (Å²) in [6.07, 6.45) is 7.01. The smallest absolute Gasteiger partial charge is 0.337 e. The maximum Gasteiger partial charge on any atom is 0.337 e. The van der Waals surface area contributed by atoms with E-state index in [4.69, 9.17) is 10.2 Å². The molecule has 0 amide bonds. The molecule has 1 heterocycles. The predicted molar refractivity (Wildman–Crippen MR) is 67.1 cm³/mol. The Balaban J connectivity index is 0.00000162. The highest BCUT2D eigenvalue weighted by molar-refractivity contribution is 5.99. The standard InChI is InChI=1S/C13H15NO3.H2/c1-8(15)12-10(6-9-4-2-3-5-9)7-11(16)17-13(12)14;/h2,4,7,9H,3,5-6,14H2,1H3;1H. The van der Waals surface area contributed by atoms with Crippen molar-refractivity contribution in [2.75, 3.05) is 5.73 Å². The van der Waals surface area contributed by atoms with Crippen molar-refractivity contribution in [1.29, 1.82) is 0 Å². The van der Waals surface area contributed by atoms with Gasteiger partial charge < -0.3 is 10.2 Å². The molecule has 1 unspecified atom stereocenters. The molecule has 2 N–H and O–H groups in total. The summed E-state index contributed by atoms with van der Waals surface area (Å²) in [7, 11) is 0. The Labute approximate surface area is 101 Å². The molecule has 0 saturated heterocycles. The fourth-order valence-corrected chi connectivity index (χ4v) is 2.27. The first-order chi connectivity index (χ1) is 8.08. The van der Waals surface area contributed by atoms with Crippen LogP contribution in [0, 0.1) is 5.92 Å². The van der Waals surface area contributed by atoms with E-state index >= 15 is 0 Å². The van der Waals surface area contributed by atoms with Crippen LogP contribution in [-0.4, -0.2) is 5.78 Å². The summed E-state index contributed by atoms with van der Waals surface area (Å²) in [4.78, 5) is 22.8. The average molecular weight is 235 g/mol. The number of carbonyl (C=O) groups excluding carboxylic acids is 1. The molecule has 0 fully saturated rings. The maximum absolute atomic E-state index is 11.5. The van der Waals surface area contributed by atoms with Gasteiger partial charge >= 0.3 is 5.63 Å². The van der Waals surface area contributed by atoms with E-state index in [1.807, 2.05) is 0 Å². The summed E-state index contributed by atoms with van der Waals surface area (Å²) in [6, 6.07) is 1.37. The predicted octanol–water partition coefficient (Wildman–Crippen LogP) is 2.18. The number of anilines is 1. The number of nitrogen functional groups attached to an aromatic ring is 1. The summed E-state index contributed by atoms with van der Waals surface area (Å²) in [6.45, 7) is 1.43. The molecule has 0 radical (unpaired) electrons. The normalized spacial score (nSPS) is 18.5. The topological polar surface area (TPSA) is 73.3 Å². The van der Waals surface area contributed by atoms with Crippen LogP contribution in [0.5, 0.6) is 0 Å². The lowest BCUT2D eigenvalue weighted by atomic mass is 9.95. The molecular formula is C13H17NO3. The second-order valence-corrected chi connectivity index (χ2v) is 4.36. The Morgan fingerprint density at radius 2 is 2.41 bits per heavy atom. The van der Waals surface area contributed by atoms with Gasteiger partial charge in [-0.25, -0.2) is 4.79 Å². The van der Waals surface area contributed by atoms with E-state index in [9.17, 15) is 9.59 Å². The first-order valence-corrected chi connectivity index (χ1v) is 5.68. The summed E-state index contributed by atoms with van der Waals surface area (Å²) >= 11 is 0. The molecule has 2 rings (SSSR count). The van der Waals surface area contributed by atoms with E-state index in [1.54, 1.807) is 0 Å². The number of nitrogens with two attached hydrogens (primary N) is 1. The Bertz CT molecular complexity index is 534. The molecular weight excluding hydrogens is 218 g/mol. The van der Waals surface area contributed by atoms with E-state index < -0.39 is 5.63 Å². The molecule has 4 heteroatoms. The van der Waals surface area contributed by atoms with Crippen LogP contribution < -0.4 is 11.4 Å². The Hall–Kier alpha value is -1.84. The second kappa shape index (κ2) is 4.57. The quantitative estimate of drug-likeness (QED) is 0.643. The van der Waals surface area contributed by atoms with Crippen LogP contribution >= 0.6 is 0 Å². The van der Waals surface area contributed by atoms with Crippen molar-refractivity contribution in [1.82, 2.24) is 0 Å². The van der Waals surface area contributed by atoms with Crippen LogP contribution in [0.2, 0.25) is 0 Å². The van der Waals surface area contributed by atoms with Gasteiger partial charge in [0.2, 0.25) is 5.88 Å². The summed E-state index contributed by atoms with van der Waals surface area (Å²) in [5.41, 5.74) is 6.14. The monoisotopic (exact) mass is 235 g/mol. The number of hydrogen-bond donors (Lipinski definition) is 1. The minimum atomic E-state index is -0.496. The molecule has 0 aromatic carbocycles. The molecule has 0 aliphatic heterocycles. The highest BCUT2D eigenvalue weighted by Crippen LogP contribution is 2.25. The van der Waals surface area contributed by atoms with E-state index in [2.05, 4.69) is 12.2 Å². The van der Waals surface area contributed by atoms with Crippen molar-refractivity contribution >= 4 is 11.7 Å². The van der Waals surface area contributed by atoms with Crippen molar-refractivity contribution < 1.29 is 10.6 Å². The van der Waals surface area contributed by atoms with E-state index in [0.29, 0.717) is 23.5 Å². The molecule has 17 heavy (non-hydrogen) atoms. The average Bonchev–Trinajstić information content (AvgIpc) is 2.68. The molecule has 1 aromatic heterocycles. The third-order valence-electron chi connectivity index (χ3n) is 3.02. The van der Waals surface area contributed by atoms with Gasteiger partial charge in [0.15, 0.2) is 5.78 Å². The molecule has 1 atom stereocenters. The van der Waals surface area contributed by atoms with Crippen LogP contribution in [0.3, 0.4) is 0 Å². The van der Waals surface area contributed by atoms with Gasteiger partial charge in [-0.15, -0.1) is 0 Å². The molecule has 1 aromatic rings. The molecule has 1 aliphatic carbocycles. The van der Waals surface area contributed by atoms with Crippen LogP contribution in [0.25, 0.3) is 0 Å². The summed E-state index contributed by atoms with van der Waals surface area (Å²) in [5.74, 6) is 0.152. The van der Waals surface area contributed by atoms with Gasteiger partial charge in [0.25, 0.3) is 0 Å². The number of allylic oxidation sites excluding steroid dienone is 2. The molecule has 0 saturated carbocycles. The highest BCUT2D eigenvalue weighted by atomic mass is 16.4. The number of carbonyl (C=O) groups is 1. The minimum Gasteiger partial charge on any atom is -0.406 e. The van der Waals surface area contributed by atoms with Gasteiger partial charge in [-0.3, -0.25) is 4.79 Å². The van der Waals surface area contributed by atoms with Crippen molar-refractivity contribution in [3.63, 3.8) is 0 Å². The first kappa shape index (κ1) is 11.6. The van der Waals surface area contributed by atoms with Gasteiger partial charge in [0.1, 0.15) is 0 Å². The fourth-order valence-electron chi connectivity index (χ4n) is 2.27. The van der Waals surface area contributed by atoms with Crippen LogP contribution in [0.15, 0.2) is 27.4 Å². The zero-order chi connectivity index (χ0) is 12.4. The van der Waals surface area contributed by atoms with Gasteiger partial charge in [0, 0.05) is 7.49 Å². The molecule has 0 spiro atoms. The Morgan fingerprint density at radius 1 is 1.65 bits per heavy atom. The zero-order valence-corrected chi connectivity index (χ0v) is 9.73. The zero-order valence-electron chi connectivity index (χ0n) is 9.73. The fraction of sp³-hybridized carbons (Fsp3) is 0.385. The van der Waals surface area contributed by atoms with Gasteiger partial charge in [-0.1, -0.05) is 12.2 Å². The Morgan fingerprint density at radius 3 is 3.00 bits per heavy atom. The third kappa shape index (κ3) is 2.46. The number of ketones is 1. The largest absolute Gasteiger partial charge is 0.406 e. The maximum atomic E-state index is 11.5. The van der Waals surface area contributed by atoms with Crippen molar-refractivity contribution in [3.8, 4) is 0 Å². The van der Waals surface area contributed by atoms with Crippen molar-refractivity contribution in [2.24, 2.45) is 5.92 Å². The first-order valence-electron chi connectivity index (χ1n) is 5.68. The van der Waals surface area contributed by atoms with Crippen molar-refractivity contribution in [2.45, 2.75) is 26.2 Å². The number of Topliss-reactive ketones (excluding diaryl/α,β-unsaturated/α-hetero) is 1. The minimum absolute atomic E-state index is 0. The Kier molecular flexibility index (Phi) is 3.13. The van der Waals surface area contributed by atoms with Gasteiger partial charge in [0.05, 0.1) is 5.56 Å². The molecule has 92 valence electrons. The lowest BCUT2D eigenvalue weighted by Gasteiger charge is -2.11. The third-order valence-corrected chi connectivity index (χ3v) is 3.02. The van der Waals surface area contributed by atoms with E-state index in [1.165, 1.54) is 13.0 Å². The van der Waals surface area contributed by atoms with Gasteiger partial charge in [-0.05, 0) is 37.7 Å². The summed E-state index contributed by atoms with van der Waals surface area (Å²) in [5, 5.41) is 0. The second-order valence-electron chi connectivity index (χ2n) is 4.36. The van der Waals surface area contributed by atoms with E-state index in [0.717, 1.165) is 12.8 Å². The van der Waals surface area contributed by atoms with Crippen LogP contribution in [0.4, 0.5) is 5.88 Å². The number of hydrogen-bond acceptors (Lipinski definition) is 4. The molecule has 4 nitrogen and oxygen atoms in total. The highest BCUT2D eigenvalue weighted by Gasteiger charge is 2.18. The van der Waals surface area contributed by atoms with Crippen molar-refractivity contribution in [3.05, 3.63) is 39.8 Å². The lowest BCUT2D eigenvalue weighted by Crippen LogP contribution is -2.13. The molecule has 1 aliphatic rings. The summed E-state index contributed by atoms with van der Waals surface area (Å²) < 4.78 is 4.76. The van der Waals surface area contributed by atoms with E-state index in [-0.39, 0.29) is 13.1 Å². The lowest BCUT2D eigenvalue weighted by molar-refractivity contribution is 0.101. The SMILES string of the molecule is CC(=O)c1c(CC2C=CCC2)cc(=O)oc1N.[HH]. The molecule has 0 bridgehead atoms. The van der Waals surface area contributed by atoms with Crippen LogP contribution in [0.1, 0.15) is 37.1 Å². The van der Waals surface area contributed by atoms with Crippen LogP contribution in [-0.2, 0) is 6.42 Å². The number of rotatable bonds is 3. The van der Waals surface area contributed by atoms with Gasteiger partial charge in [-0.2, -0.15) is 0 Å².